The predicted molar refractivity (Wildman–Crippen MR) is 130 cm³/mol. The molecule has 0 unspecified atom stereocenters. The SMILES string of the molecule is COc1ccc(CCN2C[C@H](C(=O)OCC(=O)N[C@H](C)c3ccc(Br)cc3)CC2=O)cc1OC. The van der Waals surface area contributed by atoms with Gasteiger partial charge in [0.1, 0.15) is 0 Å². The number of nitrogens with zero attached hydrogens (tertiary/aromatic N) is 1. The van der Waals surface area contributed by atoms with Crippen molar-refractivity contribution in [1.82, 2.24) is 10.2 Å². The van der Waals surface area contributed by atoms with Gasteiger partial charge in [0.25, 0.3) is 5.91 Å². The van der Waals surface area contributed by atoms with Crippen molar-refractivity contribution >= 4 is 33.7 Å². The number of hydrogen-bond donors (Lipinski definition) is 1. The molecular formula is C25H29BrN2O6. The number of carbonyl (C=O) groups is 3. The lowest BCUT2D eigenvalue weighted by atomic mass is 10.1. The van der Waals surface area contributed by atoms with Crippen LogP contribution < -0.4 is 14.8 Å². The molecule has 3 rings (SSSR count). The van der Waals surface area contributed by atoms with Gasteiger partial charge in [-0.2, -0.15) is 0 Å². The van der Waals surface area contributed by atoms with Gasteiger partial charge in [0.05, 0.1) is 26.2 Å². The molecule has 34 heavy (non-hydrogen) atoms. The maximum Gasteiger partial charge on any atom is 0.311 e. The van der Waals surface area contributed by atoms with Crippen molar-refractivity contribution in [2.75, 3.05) is 33.9 Å². The number of ether oxygens (including phenoxy) is 3. The predicted octanol–water partition coefficient (Wildman–Crippen LogP) is 3.28. The smallest absolute Gasteiger partial charge is 0.311 e. The Hall–Kier alpha value is -3.07. The summed E-state index contributed by atoms with van der Waals surface area (Å²) in [5.74, 6) is -0.333. The standard InChI is InChI=1S/C25H29BrN2O6/c1-16(18-5-7-20(26)8-6-18)27-23(29)15-34-25(31)19-13-24(30)28(14-19)11-10-17-4-9-21(32-2)22(12-17)33-3/h4-9,12,16,19H,10-11,13-15H2,1-3H3,(H,27,29)/t16-,19-/m1/s1. The number of methoxy groups -OCH3 is 2. The fraction of sp³-hybridized carbons (Fsp3) is 0.400. The zero-order valence-electron chi connectivity index (χ0n) is 19.5. The summed E-state index contributed by atoms with van der Waals surface area (Å²) in [4.78, 5) is 38.7. The minimum Gasteiger partial charge on any atom is -0.493 e. The first-order chi connectivity index (χ1) is 16.3. The molecule has 0 bridgehead atoms. The lowest BCUT2D eigenvalue weighted by Gasteiger charge is -2.17. The van der Waals surface area contributed by atoms with Crippen molar-refractivity contribution in [1.29, 1.82) is 0 Å². The molecular weight excluding hydrogens is 504 g/mol. The van der Waals surface area contributed by atoms with E-state index in [1.54, 1.807) is 19.1 Å². The molecule has 1 aliphatic rings. The van der Waals surface area contributed by atoms with Crippen LogP contribution in [-0.2, 0) is 25.5 Å². The number of halogens is 1. The summed E-state index contributed by atoms with van der Waals surface area (Å²) in [6.45, 7) is 2.23. The molecule has 2 aromatic rings. The third kappa shape index (κ3) is 6.72. The number of esters is 1. The summed E-state index contributed by atoms with van der Waals surface area (Å²) in [6.07, 6.45) is 0.700. The Labute approximate surface area is 207 Å². The average molecular weight is 533 g/mol. The molecule has 1 fully saturated rings. The largest absolute Gasteiger partial charge is 0.493 e. The Morgan fingerprint density at radius 1 is 1.12 bits per heavy atom. The first kappa shape index (κ1) is 25.6. The molecule has 0 aromatic heterocycles. The van der Waals surface area contributed by atoms with Crippen LogP contribution in [0.2, 0.25) is 0 Å². The normalized spacial score (nSPS) is 16.2. The van der Waals surface area contributed by atoms with Gasteiger partial charge in [0, 0.05) is 24.0 Å². The average Bonchev–Trinajstić information content (AvgIpc) is 3.21. The third-order valence-electron chi connectivity index (χ3n) is 5.76. The van der Waals surface area contributed by atoms with Gasteiger partial charge < -0.3 is 24.4 Å². The van der Waals surface area contributed by atoms with Crippen LogP contribution in [0.1, 0.15) is 30.5 Å². The lowest BCUT2D eigenvalue weighted by molar-refractivity contribution is -0.152. The molecule has 0 aliphatic carbocycles. The van der Waals surface area contributed by atoms with Crippen LogP contribution in [0.3, 0.4) is 0 Å². The first-order valence-corrected chi connectivity index (χ1v) is 11.8. The van der Waals surface area contributed by atoms with Gasteiger partial charge in [-0.05, 0) is 48.7 Å². The molecule has 2 amide bonds. The lowest BCUT2D eigenvalue weighted by Crippen LogP contribution is -2.33. The summed E-state index contributed by atoms with van der Waals surface area (Å²) in [5.41, 5.74) is 1.93. The van der Waals surface area contributed by atoms with Crippen LogP contribution in [0.5, 0.6) is 11.5 Å². The van der Waals surface area contributed by atoms with Gasteiger partial charge in [-0.25, -0.2) is 0 Å². The number of amides is 2. The van der Waals surface area contributed by atoms with E-state index in [0.29, 0.717) is 24.5 Å². The highest BCUT2D eigenvalue weighted by Gasteiger charge is 2.35. The Morgan fingerprint density at radius 3 is 2.50 bits per heavy atom. The Bertz CT molecular complexity index is 1030. The van der Waals surface area contributed by atoms with Crippen LogP contribution in [0, 0.1) is 5.92 Å². The molecule has 9 heteroatoms. The molecule has 0 saturated carbocycles. The molecule has 1 N–H and O–H groups in total. The van der Waals surface area contributed by atoms with Gasteiger partial charge >= 0.3 is 5.97 Å². The number of rotatable bonds is 10. The second kappa shape index (κ2) is 11.9. The van der Waals surface area contributed by atoms with E-state index in [0.717, 1.165) is 15.6 Å². The molecule has 1 saturated heterocycles. The zero-order valence-corrected chi connectivity index (χ0v) is 21.1. The fourth-order valence-electron chi connectivity index (χ4n) is 3.82. The Kier molecular flexibility index (Phi) is 8.92. The summed E-state index contributed by atoms with van der Waals surface area (Å²) >= 11 is 3.38. The van der Waals surface area contributed by atoms with Crippen LogP contribution in [0.4, 0.5) is 0 Å². The van der Waals surface area contributed by atoms with Gasteiger partial charge in [-0.1, -0.05) is 34.1 Å². The van der Waals surface area contributed by atoms with Gasteiger partial charge in [0.2, 0.25) is 5.91 Å². The van der Waals surface area contributed by atoms with Gasteiger partial charge in [-0.15, -0.1) is 0 Å². The maximum absolute atomic E-state index is 12.4. The van der Waals surface area contributed by atoms with Crippen molar-refractivity contribution in [3.05, 3.63) is 58.1 Å². The fourth-order valence-corrected chi connectivity index (χ4v) is 4.08. The van der Waals surface area contributed by atoms with E-state index in [-0.39, 0.29) is 31.5 Å². The van der Waals surface area contributed by atoms with Crippen LogP contribution >= 0.6 is 15.9 Å². The topological polar surface area (TPSA) is 94.2 Å². The van der Waals surface area contributed by atoms with E-state index >= 15 is 0 Å². The summed E-state index contributed by atoms with van der Waals surface area (Å²) < 4.78 is 16.7. The minimum atomic E-state index is -0.574. The highest BCUT2D eigenvalue weighted by Crippen LogP contribution is 2.28. The molecule has 1 aliphatic heterocycles. The van der Waals surface area contributed by atoms with Gasteiger partial charge in [0.15, 0.2) is 18.1 Å². The van der Waals surface area contributed by atoms with Crippen LogP contribution in [0.15, 0.2) is 46.9 Å². The summed E-state index contributed by atoms with van der Waals surface area (Å²) in [6, 6.07) is 13.0. The molecule has 2 atom stereocenters. The second-order valence-electron chi connectivity index (χ2n) is 8.13. The molecule has 0 spiro atoms. The highest BCUT2D eigenvalue weighted by atomic mass is 79.9. The molecule has 2 aromatic carbocycles. The number of benzene rings is 2. The van der Waals surface area contributed by atoms with Crippen molar-refractivity contribution in [3.63, 3.8) is 0 Å². The monoisotopic (exact) mass is 532 g/mol. The highest BCUT2D eigenvalue weighted by molar-refractivity contribution is 9.10. The summed E-state index contributed by atoms with van der Waals surface area (Å²) in [7, 11) is 3.15. The van der Waals surface area contributed by atoms with E-state index in [1.807, 2.05) is 49.4 Å². The second-order valence-corrected chi connectivity index (χ2v) is 9.04. The van der Waals surface area contributed by atoms with Crippen molar-refractivity contribution in [2.45, 2.75) is 25.8 Å². The zero-order chi connectivity index (χ0) is 24.7. The maximum atomic E-state index is 12.4. The number of likely N-dealkylation sites (tertiary alicyclic amines) is 1. The molecule has 1 heterocycles. The molecule has 182 valence electrons. The first-order valence-electron chi connectivity index (χ1n) is 11.0. The van der Waals surface area contributed by atoms with Gasteiger partial charge in [-0.3, -0.25) is 14.4 Å². The van der Waals surface area contributed by atoms with E-state index in [1.165, 1.54) is 0 Å². The summed E-state index contributed by atoms with van der Waals surface area (Å²) in [5, 5.41) is 2.81. The van der Waals surface area contributed by atoms with Crippen molar-refractivity contribution in [2.24, 2.45) is 5.92 Å². The van der Waals surface area contributed by atoms with Crippen molar-refractivity contribution in [3.8, 4) is 11.5 Å². The third-order valence-corrected chi connectivity index (χ3v) is 6.29. The van der Waals surface area contributed by atoms with Crippen LogP contribution in [-0.4, -0.2) is 56.6 Å². The molecule has 0 radical (unpaired) electrons. The van der Waals surface area contributed by atoms with E-state index in [4.69, 9.17) is 14.2 Å². The number of hydrogen-bond acceptors (Lipinski definition) is 6. The van der Waals surface area contributed by atoms with Crippen molar-refractivity contribution < 1.29 is 28.6 Å². The minimum absolute atomic E-state index is 0.0850. The van der Waals surface area contributed by atoms with E-state index < -0.39 is 17.8 Å². The Morgan fingerprint density at radius 2 is 1.82 bits per heavy atom. The quantitative estimate of drug-likeness (QED) is 0.472. The number of carbonyl (C=O) groups excluding carboxylic acids is 3. The molecule has 8 nitrogen and oxygen atoms in total. The number of nitrogens with one attached hydrogen (secondary N) is 1. The van der Waals surface area contributed by atoms with Crippen LogP contribution in [0.25, 0.3) is 0 Å². The van der Waals surface area contributed by atoms with E-state index in [2.05, 4.69) is 21.2 Å². The Balaban J connectivity index is 1.44. The van der Waals surface area contributed by atoms with E-state index in [9.17, 15) is 14.4 Å².